The number of hydrogen-bond acceptors (Lipinski definition) is 2. The molecule has 0 spiro atoms. The number of benzene rings is 1. The van der Waals surface area contributed by atoms with Crippen molar-refractivity contribution in [3.63, 3.8) is 0 Å². The van der Waals surface area contributed by atoms with Crippen LogP contribution in [0.3, 0.4) is 0 Å². The highest BCUT2D eigenvalue weighted by molar-refractivity contribution is 5.91. The fraction of sp³-hybridized carbons (Fsp3) is 0.357. The normalized spacial score (nSPS) is 17.3. The molecular formula is C14H17FN2O. The molecular weight excluding hydrogens is 231 g/mol. The lowest BCUT2D eigenvalue weighted by Crippen LogP contribution is -2.46. The minimum atomic E-state index is -0.266. The van der Waals surface area contributed by atoms with Crippen molar-refractivity contribution in [3.8, 4) is 0 Å². The van der Waals surface area contributed by atoms with Gasteiger partial charge < -0.3 is 9.80 Å². The maximum Gasteiger partial charge on any atom is 0.246 e. The summed E-state index contributed by atoms with van der Waals surface area (Å²) in [6.45, 7) is 3.36. The first-order valence-corrected chi connectivity index (χ1v) is 6.06. The standard InChI is InChI=1S/C14H17FN2O/c1-16-8-10-17(11-9-16)14(18)7-4-12-2-5-13(15)6-3-12/h2-7H,8-11H2,1H3. The Morgan fingerprint density at radius 1 is 1.17 bits per heavy atom. The smallest absolute Gasteiger partial charge is 0.246 e. The Morgan fingerprint density at radius 2 is 1.78 bits per heavy atom. The molecule has 1 aromatic rings. The van der Waals surface area contributed by atoms with Crippen molar-refractivity contribution in [1.82, 2.24) is 9.80 Å². The Balaban J connectivity index is 1.92. The van der Waals surface area contributed by atoms with E-state index >= 15 is 0 Å². The van der Waals surface area contributed by atoms with E-state index in [1.54, 1.807) is 24.3 Å². The van der Waals surface area contributed by atoms with Gasteiger partial charge in [-0.2, -0.15) is 0 Å². The summed E-state index contributed by atoms with van der Waals surface area (Å²) in [7, 11) is 2.05. The molecule has 3 nitrogen and oxygen atoms in total. The second kappa shape index (κ2) is 5.78. The highest BCUT2D eigenvalue weighted by Crippen LogP contribution is 2.06. The van der Waals surface area contributed by atoms with Gasteiger partial charge in [-0.25, -0.2) is 4.39 Å². The van der Waals surface area contributed by atoms with Crippen LogP contribution in [0.1, 0.15) is 5.56 Å². The summed E-state index contributed by atoms with van der Waals surface area (Å²) >= 11 is 0. The van der Waals surface area contributed by atoms with Crippen molar-refractivity contribution >= 4 is 12.0 Å². The molecule has 4 heteroatoms. The number of halogens is 1. The summed E-state index contributed by atoms with van der Waals surface area (Å²) in [4.78, 5) is 15.9. The van der Waals surface area contributed by atoms with Gasteiger partial charge in [0.2, 0.25) is 5.91 Å². The molecule has 0 N–H and O–H groups in total. The third-order valence-corrected chi connectivity index (χ3v) is 3.10. The van der Waals surface area contributed by atoms with Gasteiger partial charge in [0.25, 0.3) is 0 Å². The lowest BCUT2D eigenvalue weighted by atomic mass is 10.2. The second-order valence-corrected chi connectivity index (χ2v) is 4.51. The summed E-state index contributed by atoms with van der Waals surface area (Å²) < 4.78 is 12.7. The molecule has 1 amide bonds. The minimum Gasteiger partial charge on any atom is -0.337 e. The third kappa shape index (κ3) is 3.40. The maximum atomic E-state index is 12.7. The number of hydrogen-bond donors (Lipinski definition) is 0. The minimum absolute atomic E-state index is 0.0208. The van der Waals surface area contributed by atoms with Crippen LogP contribution in [0.25, 0.3) is 6.08 Å². The number of nitrogens with zero attached hydrogens (tertiary/aromatic N) is 2. The highest BCUT2D eigenvalue weighted by atomic mass is 19.1. The van der Waals surface area contributed by atoms with Crippen molar-refractivity contribution < 1.29 is 9.18 Å². The molecule has 0 bridgehead atoms. The van der Waals surface area contributed by atoms with Crippen LogP contribution in [-0.4, -0.2) is 48.9 Å². The molecule has 0 atom stereocenters. The van der Waals surface area contributed by atoms with Gasteiger partial charge in [-0.15, -0.1) is 0 Å². The summed E-state index contributed by atoms with van der Waals surface area (Å²) in [5, 5.41) is 0. The number of carbonyl (C=O) groups is 1. The number of amides is 1. The lowest BCUT2D eigenvalue weighted by molar-refractivity contribution is -0.127. The van der Waals surface area contributed by atoms with Crippen LogP contribution in [0.2, 0.25) is 0 Å². The molecule has 0 unspecified atom stereocenters. The van der Waals surface area contributed by atoms with E-state index in [1.807, 2.05) is 4.90 Å². The van der Waals surface area contributed by atoms with Gasteiger partial charge in [-0.3, -0.25) is 4.79 Å². The number of piperazine rings is 1. The van der Waals surface area contributed by atoms with E-state index in [1.165, 1.54) is 12.1 Å². The Hall–Kier alpha value is -1.68. The molecule has 1 aliphatic rings. The summed E-state index contributed by atoms with van der Waals surface area (Å²) in [6, 6.07) is 6.09. The van der Waals surface area contributed by atoms with Crippen molar-refractivity contribution in [2.24, 2.45) is 0 Å². The third-order valence-electron chi connectivity index (χ3n) is 3.10. The first kappa shape index (κ1) is 12.8. The molecule has 1 aromatic carbocycles. The fourth-order valence-corrected chi connectivity index (χ4v) is 1.87. The quantitative estimate of drug-likeness (QED) is 0.742. The van der Waals surface area contributed by atoms with Crippen molar-refractivity contribution in [2.45, 2.75) is 0 Å². The van der Waals surface area contributed by atoms with E-state index in [0.717, 1.165) is 31.7 Å². The van der Waals surface area contributed by atoms with Gasteiger partial charge >= 0.3 is 0 Å². The number of likely N-dealkylation sites (N-methyl/N-ethyl adjacent to an activating group) is 1. The van der Waals surface area contributed by atoms with Gasteiger partial charge in [-0.1, -0.05) is 12.1 Å². The molecule has 2 rings (SSSR count). The Bertz CT molecular complexity index is 434. The van der Waals surface area contributed by atoms with Crippen LogP contribution in [0, 0.1) is 5.82 Å². The summed E-state index contributed by atoms with van der Waals surface area (Å²) in [6.07, 6.45) is 3.28. The molecule has 1 saturated heterocycles. The molecule has 1 heterocycles. The van der Waals surface area contributed by atoms with Crippen molar-refractivity contribution in [2.75, 3.05) is 33.2 Å². The molecule has 18 heavy (non-hydrogen) atoms. The maximum absolute atomic E-state index is 12.7. The Morgan fingerprint density at radius 3 is 2.39 bits per heavy atom. The van der Waals surface area contributed by atoms with E-state index in [9.17, 15) is 9.18 Å². The average Bonchev–Trinajstić information content (AvgIpc) is 2.38. The SMILES string of the molecule is CN1CCN(C(=O)C=Cc2ccc(F)cc2)CC1. The first-order valence-electron chi connectivity index (χ1n) is 6.06. The summed E-state index contributed by atoms with van der Waals surface area (Å²) in [5.41, 5.74) is 0.832. The van der Waals surface area contributed by atoms with Gasteiger partial charge in [-0.05, 0) is 30.8 Å². The van der Waals surface area contributed by atoms with E-state index in [-0.39, 0.29) is 11.7 Å². The molecule has 96 valence electrons. The van der Waals surface area contributed by atoms with Gasteiger partial charge in [0.1, 0.15) is 5.82 Å². The Kier molecular flexibility index (Phi) is 4.10. The lowest BCUT2D eigenvalue weighted by Gasteiger charge is -2.31. The molecule has 0 aliphatic carbocycles. The van der Waals surface area contributed by atoms with Gasteiger partial charge in [0.05, 0.1) is 0 Å². The highest BCUT2D eigenvalue weighted by Gasteiger charge is 2.16. The molecule has 0 radical (unpaired) electrons. The van der Waals surface area contributed by atoms with Crippen molar-refractivity contribution in [1.29, 1.82) is 0 Å². The zero-order valence-electron chi connectivity index (χ0n) is 10.5. The molecule has 0 aromatic heterocycles. The largest absolute Gasteiger partial charge is 0.337 e. The predicted octanol–water partition coefficient (Wildman–Crippen LogP) is 1.61. The monoisotopic (exact) mass is 248 g/mol. The van der Waals surface area contributed by atoms with E-state index in [4.69, 9.17) is 0 Å². The van der Waals surface area contributed by atoms with E-state index in [0.29, 0.717) is 0 Å². The molecule has 1 fully saturated rings. The first-order chi connectivity index (χ1) is 8.65. The van der Waals surface area contributed by atoms with E-state index < -0.39 is 0 Å². The predicted molar refractivity (Wildman–Crippen MR) is 69.5 cm³/mol. The van der Waals surface area contributed by atoms with E-state index in [2.05, 4.69) is 11.9 Å². The van der Waals surface area contributed by atoms with Crippen molar-refractivity contribution in [3.05, 3.63) is 41.7 Å². The molecule has 1 aliphatic heterocycles. The second-order valence-electron chi connectivity index (χ2n) is 4.51. The molecule has 0 saturated carbocycles. The van der Waals surface area contributed by atoms with Gasteiger partial charge in [0.15, 0.2) is 0 Å². The van der Waals surface area contributed by atoms with Crippen LogP contribution in [0.5, 0.6) is 0 Å². The number of rotatable bonds is 2. The number of carbonyl (C=O) groups excluding carboxylic acids is 1. The summed E-state index contributed by atoms with van der Waals surface area (Å²) in [5.74, 6) is -0.245. The van der Waals surface area contributed by atoms with Crippen LogP contribution < -0.4 is 0 Å². The fourth-order valence-electron chi connectivity index (χ4n) is 1.87. The zero-order valence-corrected chi connectivity index (χ0v) is 10.5. The van der Waals surface area contributed by atoms with Crippen LogP contribution in [0.15, 0.2) is 30.3 Å². The topological polar surface area (TPSA) is 23.6 Å². The van der Waals surface area contributed by atoms with Gasteiger partial charge in [0, 0.05) is 32.3 Å². The Labute approximate surface area is 107 Å². The van der Waals surface area contributed by atoms with Crippen LogP contribution in [-0.2, 0) is 4.79 Å². The average molecular weight is 248 g/mol. The van der Waals surface area contributed by atoms with Crippen LogP contribution >= 0.6 is 0 Å². The zero-order chi connectivity index (χ0) is 13.0. The van der Waals surface area contributed by atoms with Crippen LogP contribution in [0.4, 0.5) is 4.39 Å².